The third-order valence-electron chi connectivity index (χ3n) is 14.3. The lowest BCUT2D eigenvalue weighted by Gasteiger charge is -2.52. The second-order valence-electron chi connectivity index (χ2n) is 21.0. The third-order valence-corrected chi connectivity index (χ3v) is 15.3. The van der Waals surface area contributed by atoms with Gasteiger partial charge in [-0.05, 0) is 26.0 Å². The summed E-state index contributed by atoms with van der Waals surface area (Å²) >= 11 is 0. The average Bonchev–Trinajstić information content (AvgIpc) is 0.801. The number of nitrogens with one attached hydrogen (secondary N) is 4. The molecule has 41 heteroatoms. The molecule has 0 saturated carbocycles. The number of ether oxygens (including phenoxy) is 11. The number of phosphoric acid groups is 1. The molecule has 0 bridgehead atoms. The number of amides is 6. The maximum atomic E-state index is 13.8. The molecule has 5 saturated heterocycles. The first-order chi connectivity index (χ1) is 41.7. The Morgan fingerprint density at radius 2 is 1.25 bits per heavy atom. The van der Waals surface area contributed by atoms with Gasteiger partial charge in [-0.1, -0.05) is 18.2 Å². The van der Waals surface area contributed by atoms with Crippen molar-refractivity contribution in [3.63, 3.8) is 0 Å². The van der Waals surface area contributed by atoms with E-state index in [1.165, 1.54) is 19.1 Å². The molecule has 5 aliphatic heterocycles. The molecule has 0 spiro atoms. The van der Waals surface area contributed by atoms with Gasteiger partial charge in [0.1, 0.15) is 90.9 Å². The standard InChI is InChI=1S/C48H74N7O33P/c1-15-32(82-45-31(66)28(63)29(64)34(84-45)38(49)67)25(60)22(53-16(2)57)42(79-15)83-33-20(13-77-44-30(65)27(62)24(59)19(12-56)80-44)81-43(23(26(33)61)54-17(3)58)85-35-36(87-47(51)72)48(4,73)37(39(50)68)86-46(35)88-89(74,75)78-14-21(41(70)71)76-11-10-52-55-40(69)18-8-6-5-7-9-18/h5-9,15,19-37,42-46,52,56,59-66,73H,10-14H2,1-4H3,(H2,49,67)(H2,50,68)(H2,51,72)(H,53,57)(H,54,58)(H,55,69)(H,70,71)(H,74,75)/t15-,19-,20-,21-,22-,23-,24-,25-,26-,27+,28+,29-,30-,31-,32-,33-,34+,35-,36-,37-,42+,43+,44-,45-,46-,48+/m1/s1. The van der Waals surface area contributed by atoms with E-state index in [2.05, 4.69) is 21.5 Å². The van der Waals surface area contributed by atoms with Gasteiger partial charge in [0, 0.05) is 26.0 Å². The summed E-state index contributed by atoms with van der Waals surface area (Å²) in [6.45, 7) is -0.193. The van der Waals surface area contributed by atoms with E-state index in [-0.39, 0.29) is 12.1 Å². The maximum absolute atomic E-state index is 13.8. The average molecular weight is 1310 g/mol. The number of carboxylic acid groups (broad SMARTS) is 1. The molecule has 0 radical (unpaired) electrons. The van der Waals surface area contributed by atoms with Gasteiger partial charge in [-0.2, -0.15) is 0 Å². The second-order valence-corrected chi connectivity index (χ2v) is 22.4. The van der Waals surface area contributed by atoms with Crippen molar-refractivity contribution in [2.45, 2.75) is 187 Å². The number of phosphoric ester groups is 1. The van der Waals surface area contributed by atoms with Crippen molar-refractivity contribution < 1.29 is 160 Å². The molecule has 89 heavy (non-hydrogen) atoms. The number of carboxylic acids is 1. The minimum atomic E-state index is -5.85. The lowest BCUT2D eigenvalue weighted by atomic mass is 9.85. The molecular weight excluding hydrogens is 1230 g/mol. The highest BCUT2D eigenvalue weighted by atomic mass is 31.2. The van der Waals surface area contributed by atoms with Crippen LogP contribution in [0.2, 0.25) is 0 Å². The summed E-state index contributed by atoms with van der Waals surface area (Å²) in [7, 11) is -5.85. The zero-order valence-corrected chi connectivity index (χ0v) is 48.4. The zero-order valence-electron chi connectivity index (χ0n) is 47.5. The smallest absolute Gasteiger partial charge is 0.474 e. The molecule has 0 aromatic heterocycles. The number of hydrogen-bond donors (Lipinski definition) is 19. The summed E-state index contributed by atoms with van der Waals surface area (Å²) in [5, 5.41) is 124. The van der Waals surface area contributed by atoms with Gasteiger partial charge in [-0.15, -0.1) is 0 Å². The Labute approximate surface area is 503 Å². The molecule has 1 aromatic carbocycles. The molecular formula is C48H74N7O33P. The maximum Gasteiger partial charge on any atom is 0.474 e. The number of hydrazine groups is 1. The minimum absolute atomic E-state index is 0.235. The van der Waals surface area contributed by atoms with Crippen LogP contribution in [0.5, 0.6) is 0 Å². The van der Waals surface area contributed by atoms with Crippen molar-refractivity contribution in [2.24, 2.45) is 17.2 Å². The first-order valence-corrected chi connectivity index (χ1v) is 28.5. The molecule has 6 amide bonds. The molecule has 6 rings (SSSR count). The summed E-state index contributed by atoms with van der Waals surface area (Å²) in [4.78, 5) is 99.1. The van der Waals surface area contributed by atoms with Gasteiger partial charge >= 0.3 is 19.9 Å². The number of nitrogens with two attached hydrogens (primary N) is 3. The van der Waals surface area contributed by atoms with Gasteiger partial charge in [0.05, 0.1) is 32.5 Å². The van der Waals surface area contributed by atoms with Crippen LogP contribution in [0, 0.1) is 0 Å². The van der Waals surface area contributed by atoms with E-state index in [0.29, 0.717) is 0 Å². The molecule has 22 N–H and O–H groups in total. The zero-order chi connectivity index (χ0) is 66.1. The van der Waals surface area contributed by atoms with Crippen molar-refractivity contribution in [1.82, 2.24) is 21.5 Å². The molecule has 40 nitrogen and oxygen atoms in total. The molecule has 0 aliphatic carbocycles. The number of carbonyl (C=O) groups excluding carboxylic acids is 6. The van der Waals surface area contributed by atoms with E-state index < -0.39 is 235 Å². The van der Waals surface area contributed by atoms with Gasteiger partial charge in [-0.25, -0.2) is 19.6 Å². The predicted octanol–water partition coefficient (Wildman–Crippen LogP) is -10.6. The van der Waals surface area contributed by atoms with Gasteiger partial charge < -0.3 is 141 Å². The number of rotatable bonds is 27. The monoisotopic (exact) mass is 1310 g/mol. The normalized spacial score (nSPS) is 39.3. The van der Waals surface area contributed by atoms with Crippen molar-refractivity contribution in [3.8, 4) is 0 Å². The SMILES string of the molecule is CC(=O)N[C@H]1[C@H](O[C@H]2[C@H](O)[C@@H](NC(C)=O)[C@H](O[C@H]3[C@@H](OP(=O)(O)OC[C@@H](OCCNNC(=O)c4ccccc4)C(=O)O)O[C@H](C(N)=O)[C@@](C)(O)[C@@H]3OC(N)=O)O[C@@H]2CO[C@@H]2O[C@H](CO)[C@@H](O)[C@H](O)[C@H]2O)O[C@H](C)[C@@H](O[C@@H]2O[C@H](C(N)=O)[C@H](O)[C@H](O)[C@H]2O)[C@@H]1O. The van der Waals surface area contributed by atoms with Crippen LogP contribution >= 0.6 is 7.82 Å². The first-order valence-electron chi connectivity index (χ1n) is 27.0. The Bertz CT molecular complexity index is 2640. The van der Waals surface area contributed by atoms with E-state index >= 15 is 0 Å². The Morgan fingerprint density at radius 3 is 1.82 bits per heavy atom. The summed E-state index contributed by atoms with van der Waals surface area (Å²) < 4.78 is 87.0. The molecule has 5 aliphatic rings. The fraction of sp³-hybridized carbons (Fsp3) is 0.729. The molecule has 1 unspecified atom stereocenters. The first kappa shape index (κ1) is 72.6. The van der Waals surface area contributed by atoms with Gasteiger partial charge in [0.25, 0.3) is 5.91 Å². The van der Waals surface area contributed by atoms with Crippen LogP contribution in [0.4, 0.5) is 4.79 Å². The number of carbonyl (C=O) groups is 7. The number of aliphatic hydroxyl groups excluding tert-OH is 9. The highest BCUT2D eigenvalue weighted by molar-refractivity contribution is 7.47. The minimum Gasteiger partial charge on any atom is -0.479 e. The molecule has 504 valence electrons. The summed E-state index contributed by atoms with van der Waals surface area (Å²) in [6, 6.07) is 3.95. The van der Waals surface area contributed by atoms with Crippen molar-refractivity contribution in [2.75, 3.05) is 33.0 Å². The quantitative estimate of drug-likeness (QED) is 0.0221. The van der Waals surface area contributed by atoms with Crippen molar-refractivity contribution in [3.05, 3.63) is 35.9 Å². The van der Waals surface area contributed by atoms with E-state index in [1.54, 1.807) is 18.2 Å². The van der Waals surface area contributed by atoms with Crippen LogP contribution in [0.1, 0.15) is 38.1 Å². The predicted molar refractivity (Wildman–Crippen MR) is 280 cm³/mol. The largest absolute Gasteiger partial charge is 0.479 e. The topological polar surface area (TPSA) is 625 Å². The number of primary amides is 3. The number of aliphatic hydroxyl groups is 10. The van der Waals surface area contributed by atoms with Gasteiger partial charge in [0.15, 0.2) is 62.0 Å². The summed E-state index contributed by atoms with van der Waals surface area (Å²) in [6.07, 6.45) is -49.9. The Morgan fingerprint density at radius 1 is 0.685 bits per heavy atom. The van der Waals surface area contributed by atoms with E-state index in [0.717, 1.165) is 20.8 Å². The lowest BCUT2D eigenvalue weighted by Crippen LogP contribution is -2.72. The molecule has 27 atom stereocenters. The van der Waals surface area contributed by atoms with Crippen LogP contribution in [0.15, 0.2) is 30.3 Å². The van der Waals surface area contributed by atoms with E-state index in [9.17, 15) is 99.2 Å². The fourth-order valence-electron chi connectivity index (χ4n) is 9.93. The van der Waals surface area contributed by atoms with Crippen LogP contribution in [0.25, 0.3) is 0 Å². The highest BCUT2D eigenvalue weighted by Crippen LogP contribution is 2.49. The van der Waals surface area contributed by atoms with Crippen LogP contribution in [-0.2, 0) is 89.7 Å². The highest BCUT2D eigenvalue weighted by Gasteiger charge is 2.62. The summed E-state index contributed by atoms with van der Waals surface area (Å²) in [5.41, 5.74) is 18.4. The van der Waals surface area contributed by atoms with Crippen LogP contribution in [-0.4, -0.2) is 295 Å². The Hall–Kier alpha value is -5.42. The summed E-state index contributed by atoms with van der Waals surface area (Å²) in [5.74, 6) is -7.12. The van der Waals surface area contributed by atoms with E-state index in [1.807, 2.05) is 0 Å². The Kier molecular flexibility index (Phi) is 25.5. The number of aliphatic carboxylic acids is 1. The van der Waals surface area contributed by atoms with Gasteiger partial charge in [-0.3, -0.25) is 38.4 Å². The molecule has 5 heterocycles. The third kappa shape index (κ3) is 18.0. The molecule has 1 aromatic rings. The molecule has 5 fully saturated rings. The van der Waals surface area contributed by atoms with Crippen molar-refractivity contribution in [1.29, 1.82) is 0 Å². The fourth-order valence-corrected chi connectivity index (χ4v) is 10.7. The van der Waals surface area contributed by atoms with Crippen LogP contribution < -0.4 is 38.7 Å². The van der Waals surface area contributed by atoms with Crippen LogP contribution in [0.3, 0.4) is 0 Å². The second kappa shape index (κ2) is 31.3. The van der Waals surface area contributed by atoms with Gasteiger partial charge in [0.2, 0.25) is 23.6 Å². The number of benzene rings is 1. The van der Waals surface area contributed by atoms with E-state index in [4.69, 9.17) is 78.4 Å². The van der Waals surface area contributed by atoms with Crippen molar-refractivity contribution >= 4 is 49.4 Å². The number of hydrogen-bond acceptors (Lipinski definition) is 32. The lowest BCUT2D eigenvalue weighted by molar-refractivity contribution is -0.375. The Balaban J connectivity index is 1.32.